The Labute approximate surface area is 141 Å². The third-order valence-electron chi connectivity index (χ3n) is 7.03. The molecule has 24 heavy (non-hydrogen) atoms. The van der Waals surface area contributed by atoms with Crippen molar-refractivity contribution in [1.82, 2.24) is 0 Å². The molecule has 3 atom stereocenters. The fourth-order valence-electron chi connectivity index (χ4n) is 5.73. The molecule has 128 valence electrons. The van der Waals surface area contributed by atoms with Gasteiger partial charge in [0.2, 0.25) is 5.78 Å². The molecule has 1 heterocycles. The standard InChI is InChI=1S/C20H24O4/c1-19-9-3-10-20(2,18(22)23)15(19)7-5-13-14(19)6-4-12-8-11-24-17(12)16(13)21/h8,11,15H,3-7,9-10H2,1-2H3,(H,22,23). The molecule has 1 fully saturated rings. The van der Waals surface area contributed by atoms with Gasteiger partial charge in [-0.05, 0) is 62.8 Å². The number of carboxylic acids is 1. The Bertz CT molecular complexity index is 755. The summed E-state index contributed by atoms with van der Waals surface area (Å²) in [6.45, 7) is 4.11. The minimum atomic E-state index is -0.687. The van der Waals surface area contributed by atoms with Crippen LogP contribution in [0, 0.1) is 16.7 Å². The van der Waals surface area contributed by atoms with Gasteiger partial charge in [-0.15, -0.1) is 0 Å². The molecule has 4 rings (SSSR count). The predicted octanol–water partition coefficient (Wildman–Crippen LogP) is 4.40. The van der Waals surface area contributed by atoms with E-state index in [1.165, 1.54) is 5.57 Å². The molecule has 0 radical (unpaired) electrons. The minimum Gasteiger partial charge on any atom is -0.481 e. The highest BCUT2D eigenvalue weighted by molar-refractivity contribution is 6.09. The third-order valence-corrected chi connectivity index (χ3v) is 7.03. The maximum atomic E-state index is 13.0. The first kappa shape index (κ1) is 15.7. The lowest BCUT2D eigenvalue weighted by Crippen LogP contribution is -2.50. The van der Waals surface area contributed by atoms with Crippen LogP contribution in [0.15, 0.2) is 27.9 Å². The number of carbonyl (C=O) groups is 2. The van der Waals surface area contributed by atoms with Crippen molar-refractivity contribution in [2.45, 2.75) is 58.8 Å². The van der Waals surface area contributed by atoms with Gasteiger partial charge < -0.3 is 9.52 Å². The molecule has 3 unspecified atom stereocenters. The summed E-state index contributed by atoms with van der Waals surface area (Å²) in [4.78, 5) is 25.0. The van der Waals surface area contributed by atoms with E-state index in [2.05, 4.69) is 6.92 Å². The Hall–Kier alpha value is -1.84. The highest BCUT2D eigenvalue weighted by Crippen LogP contribution is 2.61. The van der Waals surface area contributed by atoms with Crippen molar-refractivity contribution in [3.8, 4) is 0 Å². The molecule has 4 nitrogen and oxygen atoms in total. The quantitative estimate of drug-likeness (QED) is 0.830. The van der Waals surface area contributed by atoms with Crippen LogP contribution in [0.4, 0.5) is 0 Å². The van der Waals surface area contributed by atoms with Gasteiger partial charge >= 0.3 is 5.97 Å². The number of ketones is 1. The average molecular weight is 328 g/mol. The second-order valence-corrected chi connectivity index (χ2v) is 8.15. The zero-order valence-corrected chi connectivity index (χ0v) is 14.4. The molecular weight excluding hydrogens is 304 g/mol. The molecule has 0 amide bonds. The van der Waals surface area contributed by atoms with Crippen LogP contribution in [0.25, 0.3) is 0 Å². The fraction of sp³-hybridized carbons (Fsp3) is 0.600. The SMILES string of the molecule is CC1(C(=O)O)CCCC2(C)C3=C(CCC12)C(=O)c1occc1CC3. The molecule has 1 saturated carbocycles. The van der Waals surface area contributed by atoms with Gasteiger partial charge in [-0.2, -0.15) is 0 Å². The molecule has 4 heteroatoms. The maximum absolute atomic E-state index is 13.0. The maximum Gasteiger partial charge on any atom is 0.309 e. The zero-order valence-electron chi connectivity index (χ0n) is 14.4. The number of Topliss-reactive ketones (excluding diaryl/α,β-unsaturated/α-hetero) is 1. The first-order chi connectivity index (χ1) is 11.4. The highest BCUT2D eigenvalue weighted by Gasteiger charge is 2.56. The van der Waals surface area contributed by atoms with Gasteiger partial charge in [0.05, 0.1) is 11.7 Å². The van der Waals surface area contributed by atoms with Gasteiger partial charge in [0.15, 0.2) is 5.76 Å². The molecule has 0 spiro atoms. The lowest BCUT2D eigenvalue weighted by molar-refractivity contribution is -0.159. The summed E-state index contributed by atoms with van der Waals surface area (Å²) in [5, 5.41) is 9.87. The lowest BCUT2D eigenvalue weighted by atomic mass is 9.49. The van der Waals surface area contributed by atoms with E-state index in [1.807, 2.05) is 13.0 Å². The molecule has 0 aromatic carbocycles. The summed E-state index contributed by atoms with van der Waals surface area (Å²) >= 11 is 0. The Morgan fingerprint density at radius 2 is 2.04 bits per heavy atom. The smallest absolute Gasteiger partial charge is 0.309 e. The largest absolute Gasteiger partial charge is 0.481 e. The van der Waals surface area contributed by atoms with E-state index >= 15 is 0 Å². The van der Waals surface area contributed by atoms with Crippen LogP contribution in [-0.2, 0) is 11.2 Å². The predicted molar refractivity (Wildman–Crippen MR) is 88.8 cm³/mol. The molecule has 0 bridgehead atoms. The van der Waals surface area contributed by atoms with E-state index in [4.69, 9.17) is 4.42 Å². The zero-order chi connectivity index (χ0) is 17.1. The highest BCUT2D eigenvalue weighted by atomic mass is 16.4. The van der Waals surface area contributed by atoms with Gasteiger partial charge in [-0.3, -0.25) is 9.59 Å². The molecule has 1 N–H and O–H groups in total. The van der Waals surface area contributed by atoms with Crippen molar-refractivity contribution < 1.29 is 19.1 Å². The normalized spacial score (nSPS) is 35.8. The minimum absolute atomic E-state index is 0.0322. The summed E-state index contributed by atoms with van der Waals surface area (Å²) in [5.74, 6) is -0.0508. The summed E-state index contributed by atoms with van der Waals surface area (Å²) in [7, 11) is 0. The van der Waals surface area contributed by atoms with Crippen LogP contribution >= 0.6 is 0 Å². The van der Waals surface area contributed by atoms with Crippen molar-refractivity contribution in [3.63, 3.8) is 0 Å². The Morgan fingerprint density at radius 1 is 1.25 bits per heavy atom. The number of allylic oxidation sites excluding steroid dienone is 2. The molecule has 1 aromatic heterocycles. The topological polar surface area (TPSA) is 67.5 Å². The molecule has 0 saturated heterocycles. The summed E-state index contributed by atoms with van der Waals surface area (Å²) < 4.78 is 5.47. The van der Waals surface area contributed by atoms with Crippen LogP contribution in [0.2, 0.25) is 0 Å². The third kappa shape index (κ3) is 1.92. The van der Waals surface area contributed by atoms with E-state index < -0.39 is 11.4 Å². The van der Waals surface area contributed by atoms with Gasteiger partial charge in [0.1, 0.15) is 0 Å². The fourth-order valence-corrected chi connectivity index (χ4v) is 5.73. The second-order valence-electron chi connectivity index (χ2n) is 8.15. The summed E-state index contributed by atoms with van der Waals surface area (Å²) in [6.07, 6.45) is 7.33. The number of hydrogen-bond donors (Lipinski definition) is 1. The number of rotatable bonds is 1. The summed E-state index contributed by atoms with van der Waals surface area (Å²) in [6, 6.07) is 1.90. The monoisotopic (exact) mass is 328 g/mol. The average Bonchev–Trinajstić information content (AvgIpc) is 2.95. The van der Waals surface area contributed by atoms with E-state index in [0.29, 0.717) is 12.2 Å². The van der Waals surface area contributed by atoms with E-state index in [0.717, 1.165) is 49.7 Å². The van der Waals surface area contributed by atoms with E-state index in [9.17, 15) is 14.7 Å². The number of furan rings is 1. The molecular formula is C20H24O4. The number of carbonyl (C=O) groups excluding carboxylic acids is 1. The Balaban J connectivity index is 1.82. The number of hydrogen-bond acceptors (Lipinski definition) is 3. The first-order valence-electron chi connectivity index (χ1n) is 8.95. The van der Waals surface area contributed by atoms with Gasteiger partial charge in [-0.1, -0.05) is 18.9 Å². The van der Waals surface area contributed by atoms with Crippen molar-refractivity contribution >= 4 is 11.8 Å². The number of carboxylic acid groups (broad SMARTS) is 1. The number of fused-ring (bicyclic) bond motifs is 3. The van der Waals surface area contributed by atoms with Crippen molar-refractivity contribution in [3.05, 3.63) is 34.8 Å². The number of aliphatic carboxylic acids is 1. The Morgan fingerprint density at radius 3 is 2.79 bits per heavy atom. The second kappa shape index (κ2) is 5.08. The molecule has 3 aliphatic carbocycles. The van der Waals surface area contributed by atoms with Gasteiger partial charge in [0, 0.05) is 11.1 Å². The molecule has 1 aromatic rings. The van der Waals surface area contributed by atoms with Crippen LogP contribution in [0.1, 0.15) is 68.5 Å². The Kier molecular flexibility index (Phi) is 3.32. The van der Waals surface area contributed by atoms with Gasteiger partial charge in [-0.25, -0.2) is 0 Å². The van der Waals surface area contributed by atoms with Crippen LogP contribution < -0.4 is 0 Å². The molecule has 3 aliphatic rings. The molecule has 0 aliphatic heterocycles. The lowest BCUT2D eigenvalue weighted by Gasteiger charge is -2.54. The summed E-state index contributed by atoms with van der Waals surface area (Å²) in [5.41, 5.74) is 2.23. The van der Waals surface area contributed by atoms with E-state index in [-0.39, 0.29) is 17.1 Å². The van der Waals surface area contributed by atoms with E-state index in [1.54, 1.807) is 6.26 Å². The first-order valence-corrected chi connectivity index (χ1v) is 8.95. The van der Waals surface area contributed by atoms with Crippen LogP contribution in [-0.4, -0.2) is 16.9 Å². The van der Waals surface area contributed by atoms with Crippen LogP contribution in [0.5, 0.6) is 0 Å². The van der Waals surface area contributed by atoms with Crippen LogP contribution in [0.3, 0.4) is 0 Å². The van der Waals surface area contributed by atoms with Gasteiger partial charge in [0.25, 0.3) is 0 Å². The van der Waals surface area contributed by atoms with Crippen molar-refractivity contribution in [2.24, 2.45) is 16.7 Å². The van der Waals surface area contributed by atoms with Crippen molar-refractivity contribution in [2.75, 3.05) is 0 Å². The van der Waals surface area contributed by atoms with Crippen molar-refractivity contribution in [1.29, 1.82) is 0 Å². The number of aryl methyl sites for hydroxylation is 1.